The van der Waals surface area contributed by atoms with Crippen molar-refractivity contribution < 1.29 is 29.0 Å². The Labute approximate surface area is 353 Å². The number of hydrogen-bond donors (Lipinski definition) is 3. The summed E-state index contributed by atoms with van der Waals surface area (Å²) in [5.41, 5.74) is 5.07. The molecule has 2 fully saturated rings. The fraction of sp³-hybridized carbons (Fsp3) is 0.522. The van der Waals surface area contributed by atoms with Crippen LogP contribution in [0.5, 0.6) is 0 Å². The van der Waals surface area contributed by atoms with Crippen LogP contribution in [-0.4, -0.2) is 114 Å². The highest BCUT2D eigenvalue weighted by Crippen LogP contribution is 2.36. The molecule has 0 spiro atoms. The van der Waals surface area contributed by atoms with Gasteiger partial charge >= 0.3 is 12.2 Å². The number of aromatic amines is 2. The Hall–Kier alpha value is -5.66. The Balaban J connectivity index is 1.11. The molecule has 2 aromatic heterocycles. The molecule has 0 saturated carbocycles. The second kappa shape index (κ2) is 18.3. The van der Waals surface area contributed by atoms with E-state index >= 15 is 0 Å². The van der Waals surface area contributed by atoms with E-state index in [9.17, 15) is 24.3 Å². The first kappa shape index (κ1) is 43.9. The van der Waals surface area contributed by atoms with E-state index in [1.165, 1.54) is 11.9 Å². The average molecular weight is 823 g/mol. The molecule has 1 unspecified atom stereocenters. The molecule has 4 amide bonds. The molecule has 4 atom stereocenters. The zero-order chi connectivity index (χ0) is 43.5. The highest BCUT2D eigenvalue weighted by atomic mass is 16.6. The van der Waals surface area contributed by atoms with Gasteiger partial charge in [-0.25, -0.2) is 19.6 Å². The van der Waals surface area contributed by atoms with Crippen molar-refractivity contribution >= 4 is 24.0 Å². The Morgan fingerprint density at radius 3 is 1.45 bits per heavy atom. The van der Waals surface area contributed by atoms with Gasteiger partial charge in [-0.2, -0.15) is 0 Å². The Morgan fingerprint density at radius 1 is 0.700 bits per heavy atom. The Kier molecular flexibility index (Phi) is 13.4. The van der Waals surface area contributed by atoms with Crippen molar-refractivity contribution in [2.45, 2.75) is 117 Å². The van der Waals surface area contributed by atoms with Gasteiger partial charge in [0.05, 0.1) is 35.9 Å². The van der Waals surface area contributed by atoms with Crippen molar-refractivity contribution in [1.29, 1.82) is 0 Å². The van der Waals surface area contributed by atoms with Gasteiger partial charge in [-0.3, -0.25) is 19.4 Å². The number of benzene rings is 2. The SMILES string of the molecule is CC(C)C[C@@H](C(=O)N1CCC[C@H]1c1ncc(-c2ccc(-c3ccc(-c4cnc(C5CCCN5C(=O)[C@H](CC(C)C)N(C)C(=O)OC(C)(C)C)[nH]4)cc3)cc2)[nH]1)N(C)C(=O)O. The van der Waals surface area contributed by atoms with Crippen LogP contribution in [-0.2, 0) is 14.3 Å². The van der Waals surface area contributed by atoms with E-state index in [1.807, 2.05) is 71.7 Å². The second-order valence-corrected chi connectivity index (χ2v) is 18.2. The van der Waals surface area contributed by atoms with Crippen LogP contribution in [0.25, 0.3) is 33.6 Å². The van der Waals surface area contributed by atoms with Crippen LogP contribution >= 0.6 is 0 Å². The molecule has 0 aliphatic carbocycles. The quantitative estimate of drug-likeness (QED) is 0.120. The molecule has 2 aliphatic heterocycles. The fourth-order valence-electron chi connectivity index (χ4n) is 8.34. The van der Waals surface area contributed by atoms with Crippen molar-refractivity contribution in [1.82, 2.24) is 39.5 Å². The minimum Gasteiger partial charge on any atom is -0.465 e. The summed E-state index contributed by atoms with van der Waals surface area (Å²) in [4.78, 5) is 75.2. The lowest BCUT2D eigenvalue weighted by Crippen LogP contribution is -2.51. The maximum absolute atomic E-state index is 14.1. The largest absolute Gasteiger partial charge is 0.465 e. The minimum atomic E-state index is -1.11. The topological polar surface area (TPSA) is 168 Å². The van der Waals surface area contributed by atoms with E-state index in [0.717, 1.165) is 70.0 Å². The summed E-state index contributed by atoms with van der Waals surface area (Å²) in [6.07, 6.45) is 6.17. The zero-order valence-corrected chi connectivity index (χ0v) is 36.6. The summed E-state index contributed by atoms with van der Waals surface area (Å²) in [7, 11) is 3.11. The normalized spacial score (nSPS) is 17.9. The number of imidazole rings is 2. The summed E-state index contributed by atoms with van der Waals surface area (Å²) in [6.45, 7) is 14.7. The number of carbonyl (C=O) groups is 4. The van der Waals surface area contributed by atoms with Gasteiger partial charge in [0.1, 0.15) is 29.3 Å². The maximum Gasteiger partial charge on any atom is 0.410 e. The van der Waals surface area contributed by atoms with Crippen LogP contribution in [0.4, 0.5) is 9.59 Å². The molecule has 4 aromatic rings. The lowest BCUT2D eigenvalue weighted by Gasteiger charge is -2.34. The molecule has 2 saturated heterocycles. The van der Waals surface area contributed by atoms with Gasteiger partial charge < -0.3 is 29.6 Å². The molecule has 3 N–H and O–H groups in total. The predicted octanol–water partition coefficient (Wildman–Crippen LogP) is 8.77. The van der Waals surface area contributed by atoms with Crippen LogP contribution < -0.4 is 0 Å². The van der Waals surface area contributed by atoms with Gasteiger partial charge in [0.15, 0.2) is 0 Å². The summed E-state index contributed by atoms with van der Waals surface area (Å²) in [5.74, 6) is 1.52. The van der Waals surface area contributed by atoms with Crippen LogP contribution in [0, 0.1) is 11.8 Å². The van der Waals surface area contributed by atoms with Crippen molar-refractivity contribution in [2.75, 3.05) is 27.2 Å². The molecule has 322 valence electrons. The van der Waals surface area contributed by atoms with Crippen LogP contribution in [0.15, 0.2) is 60.9 Å². The highest BCUT2D eigenvalue weighted by Gasteiger charge is 2.40. The number of amides is 4. The van der Waals surface area contributed by atoms with Gasteiger partial charge in [-0.15, -0.1) is 0 Å². The van der Waals surface area contributed by atoms with E-state index < -0.39 is 29.9 Å². The van der Waals surface area contributed by atoms with E-state index in [-0.39, 0.29) is 35.7 Å². The van der Waals surface area contributed by atoms with Gasteiger partial charge in [-0.1, -0.05) is 76.2 Å². The average Bonchev–Trinajstić information content (AvgIpc) is 4.04. The van der Waals surface area contributed by atoms with Crippen molar-refractivity contribution in [2.24, 2.45) is 11.8 Å². The van der Waals surface area contributed by atoms with Gasteiger partial charge in [0.2, 0.25) is 11.8 Å². The third kappa shape index (κ3) is 10.0. The molecular weight excluding hydrogens is 761 g/mol. The molecule has 14 nitrogen and oxygen atoms in total. The van der Waals surface area contributed by atoms with Crippen LogP contribution in [0.1, 0.15) is 111 Å². The summed E-state index contributed by atoms with van der Waals surface area (Å²) >= 11 is 0. The van der Waals surface area contributed by atoms with E-state index in [1.54, 1.807) is 18.1 Å². The third-order valence-corrected chi connectivity index (χ3v) is 11.5. The number of ether oxygens (including phenoxy) is 1. The first-order valence-electron chi connectivity index (χ1n) is 21.2. The molecule has 2 aliphatic rings. The first-order valence-corrected chi connectivity index (χ1v) is 21.2. The molecule has 0 bridgehead atoms. The predicted molar refractivity (Wildman–Crippen MR) is 231 cm³/mol. The number of carboxylic acid groups (broad SMARTS) is 1. The van der Waals surface area contributed by atoms with Gasteiger partial charge in [-0.05, 0) is 93.4 Å². The lowest BCUT2D eigenvalue weighted by molar-refractivity contribution is -0.138. The number of carbonyl (C=O) groups excluding carboxylic acids is 3. The summed E-state index contributed by atoms with van der Waals surface area (Å²) < 4.78 is 5.62. The molecule has 60 heavy (non-hydrogen) atoms. The number of nitrogens with one attached hydrogen (secondary N) is 2. The summed E-state index contributed by atoms with van der Waals surface area (Å²) in [5, 5.41) is 9.66. The fourth-order valence-corrected chi connectivity index (χ4v) is 8.34. The van der Waals surface area contributed by atoms with Gasteiger partial charge in [0.25, 0.3) is 0 Å². The number of likely N-dealkylation sites (N-methyl/N-ethyl adjacent to an activating group) is 2. The Bertz CT molecular complexity index is 2120. The number of hydrogen-bond acceptors (Lipinski definition) is 7. The standard InChI is InChI=1S/C46H62N8O6/c1-28(2)24-38(51(8)44(57)58)42(55)53-22-10-12-36(53)40-47-26-34(49-40)32-18-14-30(15-19-32)31-16-20-33(21-17-31)35-27-48-41(50-35)37-13-11-23-54(37)43(56)39(25-29(3)4)52(9)45(59)60-46(5,6)7/h14-21,26-29,36-39H,10-13,22-25H2,1-9H3,(H,47,49)(H,48,50)(H,57,58)/t36-,37?,38-,39-/m0/s1. The van der Waals surface area contributed by atoms with Gasteiger partial charge in [0, 0.05) is 27.2 Å². The van der Waals surface area contributed by atoms with Crippen molar-refractivity contribution in [3.05, 3.63) is 72.6 Å². The number of rotatable bonds is 13. The second-order valence-electron chi connectivity index (χ2n) is 18.2. The molecule has 6 rings (SSSR count). The summed E-state index contributed by atoms with van der Waals surface area (Å²) in [6, 6.07) is 14.7. The maximum atomic E-state index is 14.1. The van der Waals surface area contributed by atoms with Crippen molar-refractivity contribution in [3.8, 4) is 33.6 Å². The number of aromatic nitrogens is 4. The molecule has 4 heterocycles. The van der Waals surface area contributed by atoms with E-state index in [4.69, 9.17) is 9.72 Å². The first-order chi connectivity index (χ1) is 28.4. The zero-order valence-electron chi connectivity index (χ0n) is 36.6. The van der Waals surface area contributed by atoms with E-state index in [0.29, 0.717) is 31.8 Å². The minimum absolute atomic E-state index is 0.0915. The molecule has 14 heteroatoms. The number of likely N-dealkylation sites (tertiary alicyclic amines) is 2. The highest BCUT2D eigenvalue weighted by molar-refractivity contribution is 5.87. The van der Waals surface area contributed by atoms with Crippen LogP contribution in [0.2, 0.25) is 0 Å². The number of H-pyrrole nitrogens is 2. The Morgan fingerprint density at radius 2 is 1.08 bits per heavy atom. The smallest absolute Gasteiger partial charge is 0.410 e. The third-order valence-electron chi connectivity index (χ3n) is 11.5. The van der Waals surface area contributed by atoms with Crippen molar-refractivity contribution in [3.63, 3.8) is 0 Å². The molecule has 2 aromatic carbocycles. The lowest BCUT2D eigenvalue weighted by atomic mass is 10.0. The molecular formula is C46H62N8O6. The van der Waals surface area contributed by atoms with Crippen LogP contribution in [0.3, 0.4) is 0 Å². The number of nitrogens with zero attached hydrogens (tertiary/aromatic N) is 6. The molecule has 0 radical (unpaired) electrons. The monoisotopic (exact) mass is 822 g/mol. The van der Waals surface area contributed by atoms with E-state index in [2.05, 4.69) is 51.4 Å².